The van der Waals surface area contributed by atoms with Gasteiger partial charge in [-0.05, 0) is 12.1 Å². The third kappa shape index (κ3) is 4.07. The van der Waals surface area contributed by atoms with Crippen molar-refractivity contribution in [3.8, 4) is 17.3 Å². The zero-order valence-corrected chi connectivity index (χ0v) is 16.2. The van der Waals surface area contributed by atoms with E-state index in [1.54, 1.807) is 48.7 Å². The second-order valence-electron chi connectivity index (χ2n) is 6.94. The number of rotatable bonds is 3. The number of amides is 1. The van der Waals surface area contributed by atoms with E-state index in [-0.39, 0.29) is 24.5 Å². The molecule has 0 bridgehead atoms. The zero-order valence-electron chi connectivity index (χ0n) is 16.2. The van der Waals surface area contributed by atoms with Crippen LogP contribution in [0, 0.1) is 11.3 Å². The van der Waals surface area contributed by atoms with Gasteiger partial charge in [-0.15, -0.1) is 0 Å². The second kappa shape index (κ2) is 8.10. The van der Waals surface area contributed by atoms with E-state index in [2.05, 4.69) is 21.0 Å². The van der Waals surface area contributed by atoms with E-state index >= 15 is 0 Å². The quantitative estimate of drug-likeness (QED) is 0.694. The number of piperazine rings is 1. The van der Waals surface area contributed by atoms with Crippen molar-refractivity contribution in [2.75, 3.05) is 31.1 Å². The van der Waals surface area contributed by atoms with Crippen molar-refractivity contribution in [1.29, 1.82) is 5.26 Å². The van der Waals surface area contributed by atoms with Crippen LogP contribution >= 0.6 is 0 Å². The predicted molar refractivity (Wildman–Crippen MR) is 106 cm³/mol. The fraction of sp³-hybridized carbons (Fsp3) is 0.238. The molecule has 1 aliphatic rings. The summed E-state index contributed by atoms with van der Waals surface area (Å²) in [6, 6.07) is 13.7. The average Bonchev–Trinajstić information content (AvgIpc) is 3.25. The van der Waals surface area contributed by atoms with Crippen LogP contribution in [0.4, 0.5) is 19.0 Å². The molecule has 1 aliphatic heterocycles. The molecule has 4 rings (SSSR count). The maximum absolute atomic E-state index is 13.3. The number of hydrogen-bond acceptors (Lipinski definition) is 5. The lowest BCUT2D eigenvalue weighted by Gasteiger charge is -2.35. The van der Waals surface area contributed by atoms with Crippen LogP contribution in [0.25, 0.3) is 11.3 Å². The number of H-pyrrole nitrogens is 1. The Hall–Kier alpha value is -3.87. The number of halogens is 3. The Kier molecular flexibility index (Phi) is 5.33. The standard InChI is InChI=1S/C21H17F3N6O/c22-21(23,24)20-27-16(14-5-2-1-3-6-14)17(28-20)19(31)30-11-9-29(10-12-30)18-15(13-25)7-4-8-26-18/h1-8H,9-12H2,(H,27,28). The first-order valence-electron chi connectivity index (χ1n) is 9.50. The lowest BCUT2D eigenvalue weighted by Crippen LogP contribution is -2.49. The number of nitrogens with one attached hydrogen (secondary N) is 1. The molecule has 10 heteroatoms. The highest BCUT2D eigenvalue weighted by atomic mass is 19.4. The smallest absolute Gasteiger partial charge is 0.352 e. The number of imidazole rings is 1. The minimum absolute atomic E-state index is 0.0307. The summed E-state index contributed by atoms with van der Waals surface area (Å²) in [5.74, 6) is -1.23. The van der Waals surface area contributed by atoms with Crippen molar-refractivity contribution in [2.45, 2.75) is 6.18 Å². The first kappa shape index (κ1) is 20.4. The molecule has 1 N–H and O–H groups in total. The van der Waals surface area contributed by atoms with Crippen LogP contribution in [0.1, 0.15) is 21.9 Å². The number of aromatic amines is 1. The van der Waals surface area contributed by atoms with Crippen molar-refractivity contribution < 1.29 is 18.0 Å². The molecule has 1 saturated heterocycles. The number of anilines is 1. The van der Waals surface area contributed by atoms with Gasteiger partial charge in [-0.25, -0.2) is 9.97 Å². The number of nitrogens with zero attached hydrogens (tertiary/aromatic N) is 5. The molecule has 7 nitrogen and oxygen atoms in total. The SMILES string of the molecule is N#Cc1cccnc1N1CCN(C(=O)c2[nH]c(C(F)(F)F)nc2-c2ccccc2)CC1. The summed E-state index contributed by atoms with van der Waals surface area (Å²) < 4.78 is 39.8. The minimum Gasteiger partial charge on any atom is -0.352 e. The highest BCUT2D eigenvalue weighted by Gasteiger charge is 2.38. The Bertz CT molecular complexity index is 1130. The summed E-state index contributed by atoms with van der Waals surface area (Å²) in [6.07, 6.45) is -3.11. The van der Waals surface area contributed by atoms with Gasteiger partial charge in [0.15, 0.2) is 0 Å². The van der Waals surface area contributed by atoms with Gasteiger partial charge in [0, 0.05) is 37.9 Å². The van der Waals surface area contributed by atoms with Crippen molar-refractivity contribution in [3.63, 3.8) is 0 Å². The summed E-state index contributed by atoms with van der Waals surface area (Å²) in [7, 11) is 0. The first-order chi connectivity index (χ1) is 14.9. The summed E-state index contributed by atoms with van der Waals surface area (Å²) in [4.78, 5) is 26.6. The molecule has 0 atom stereocenters. The van der Waals surface area contributed by atoms with Gasteiger partial charge in [0.25, 0.3) is 5.91 Å². The summed E-state index contributed by atoms with van der Waals surface area (Å²) in [6.45, 7) is 1.35. The summed E-state index contributed by atoms with van der Waals surface area (Å²) >= 11 is 0. The molecule has 0 radical (unpaired) electrons. The van der Waals surface area contributed by atoms with Crippen LogP contribution in [0.3, 0.4) is 0 Å². The Labute approximate surface area is 175 Å². The Morgan fingerprint density at radius 2 is 1.77 bits per heavy atom. The van der Waals surface area contributed by atoms with Crippen LogP contribution in [-0.2, 0) is 6.18 Å². The largest absolute Gasteiger partial charge is 0.449 e. The van der Waals surface area contributed by atoms with Crippen molar-refractivity contribution in [2.24, 2.45) is 0 Å². The molecular weight excluding hydrogens is 409 g/mol. The van der Waals surface area contributed by atoms with Gasteiger partial charge in [-0.3, -0.25) is 4.79 Å². The zero-order chi connectivity index (χ0) is 22.0. The van der Waals surface area contributed by atoms with E-state index in [1.165, 1.54) is 4.90 Å². The Morgan fingerprint density at radius 1 is 1.06 bits per heavy atom. The van der Waals surface area contributed by atoms with Gasteiger partial charge in [0.1, 0.15) is 23.3 Å². The van der Waals surface area contributed by atoms with Gasteiger partial charge in [-0.2, -0.15) is 18.4 Å². The normalized spacial score (nSPS) is 14.4. The Morgan fingerprint density at radius 3 is 2.42 bits per heavy atom. The molecule has 31 heavy (non-hydrogen) atoms. The van der Waals surface area contributed by atoms with Crippen LogP contribution < -0.4 is 4.90 Å². The van der Waals surface area contributed by atoms with E-state index in [1.807, 2.05) is 4.90 Å². The molecule has 2 aromatic heterocycles. The van der Waals surface area contributed by atoms with Crippen molar-refractivity contribution in [1.82, 2.24) is 19.9 Å². The number of pyridine rings is 1. The number of benzene rings is 1. The molecule has 3 aromatic rings. The lowest BCUT2D eigenvalue weighted by molar-refractivity contribution is -0.144. The molecule has 3 heterocycles. The van der Waals surface area contributed by atoms with E-state index in [4.69, 9.17) is 0 Å². The number of carbonyl (C=O) groups is 1. The monoisotopic (exact) mass is 426 g/mol. The topological polar surface area (TPSA) is 88.9 Å². The minimum atomic E-state index is -4.70. The maximum Gasteiger partial charge on any atom is 0.449 e. The molecule has 1 aromatic carbocycles. The number of aromatic nitrogens is 3. The van der Waals surface area contributed by atoms with Gasteiger partial charge < -0.3 is 14.8 Å². The van der Waals surface area contributed by atoms with Crippen LogP contribution in [-0.4, -0.2) is 51.9 Å². The highest BCUT2D eigenvalue weighted by Crippen LogP contribution is 2.32. The molecule has 0 spiro atoms. The van der Waals surface area contributed by atoms with E-state index in [9.17, 15) is 23.2 Å². The third-order valence-corrected chi connectivity index (χ3v) is 5.01. The highest BCUT2D eigenvalue weighted by molar-refractivity contribution is 5.98. The summed E-state index contributed by atoms with van der Waals surface area (Å²) in [5.41, 5.74) is 0.625. The fourth-order valence-electron chi connectivity index (χ4n) is 3.48. The van der Waals surface area contributed by atoms with E-state index in [0.717, 1.165) is 0 Å². The Balaban J connectivity index is 1.58. The number of nitriles is 1. The molecule has 0 unspecified atom stereocenters. The number of hydrogen-bond donors (Lipinski definition) is 1. The number of carbonyl (C=O) groups excluding carboxylic acids is 1. The third-order valence-electron chi connectivity index (χ3n) is 5.01. The van der Waals surface area contributed by atoms with Gasteiger partial charge in [-0.1, -0.05) is 30.3 Å². The first-order valence-corrected chi connectivity index (χ1v) is 9.50. The molecule has 0 saturated carbocycles. The predicted octanol–water partition coefficient (Wildman–Crippen LogP) is 3.32. The molecule has 1 fully saturated rings. The van der Waals surface area contributed by atoms with Gasteiger partial charge in [0.05, 0.1) is 5.56 Å². The van der Waals surface area contributed by atoms with Crippen molar-refractivity contribution in [3.05, 3.63) is 65.7 Å². The lowest BCUT2D eigenvalue weighted by atomic mass is 10.1. The van der Waals surface area contributed by atoms with E-state index < -0.39 is 17.9 Å². The van der Waals surface area contributed by atoms with Crippen LogP contribution in [0.15, 0.2) is 48.7 Å². The van der Waals surface area contributed by atoms with Crippen molar-refractivity contribution >= 4 is 11.7 Å². The average molecular weight is 426 g/mol. The van der Waals surface area contributed by atoms with Crippen LogP contribution in [0.2, 0.25) is 0 Å². The maximum atomic E-state index is 13.3. The van der Waals surface area contributed by atoms with Crippen LogP contribution in [0.5, 0.6) is 0 Å². The van der Waals surface area contributed by atoms with E-state index in [0.29, 0.717) is 30.0 Å². The molecular formula is C21H17F3N6O. The van der Waals surface area contributed by atoms with Gasteiger partial charge >= 0.3 is 6.18 Å². The summed E-state index contributed by atoms with van der Waals surface area (Å²) in [5, 5.41) is 9.26. The van der Waals surface area contributed by atoms with Gasteiger partial charge in [0.2, 0.25) is 5.82 Å². The molecule has 158 valence electrons. The molecule has 0 aliphatic carbocycles. The number of alkyl halides is 3. The fourth-order valence-corrected chi connectivity index (χ4v) is 3.48. The second-order valence-corrected chi connectivity index (χ2v) is 6.94. The molecule has 1 amide bonds.